The zero-order valence-electron chi connectivity index (χ0n) is 9.52. The second-order valence-electron chi connectivity index (χ2n) is 4.77. The summed E-state index contributed by atoms with van der Waals surface area (Å²) in [6.07, 6.45) is 3.21. The molecule has 1 aromatic carbocycles. The van der Waals surface area contributed by atoms with Gasteiger partial charge < -0.3 is 5.32 Å². The Balaban J connectivity index is 2.15. The fourth-order valence-corrected chi connectivity index (χ4v) is 2.67. The average Bonchev–Trinajstić information content (AvgIpc) is 2.20. The summed E-state index contributed by atoms with van der Waals surface area (Å²) in [6, 6.07) is 4.63. The molecule has 1 nitrogen and oxygen atoms in total. The quantitative estimate of drug-likeness (QED) is 0.852. The Labute approximate surface area is 101 Å². The summed E-state index contributed by atoms with van der Waals surface area (Å²) >= 11 is 6.10. The Hall–Kier alpha value is -0.600. The average molecular weight is 242 g/mol. The molecular formula is C13H17ClFN. The van der Waals surface area contributed by atoms with Gasteiger partial charge in [-0.05, 0) is 42.0 Å². The SMILES string of the molecule is CCCC1(Cc2cc(F)ccc2Cl)CNC1. The lowest BCUT2D eigenvalue weighted by Gasteiger charge is -2.43. The van der Waals surface area contributed by atoms with Crippen LogP contribution in [-0.2, 0) is 6.42 Å². The number of hydrogen-bond donors (Lipinski definition) is 1. The van der Waals surface area contributed by atoms with Crippen molar-refractivity contribution in [2.75, 3.05) is 13.1 Å². The highest BCUT2D eigenvalue weighted by molar-refractivity contribution is 6.31. The molecule has 0 unspecified atom stereocenters. The molecule has 0 saturated carbocycles. The molecule has 0 bridgehead atoms. The van der Waals surface area contributed by atoms with E-state index in [1.165, 1.54) is 12.5 Å². The molecule has 0 radical (unpaired) electrons. The third-order valence-corrected chi connectivity index (χ3v) is 3.72. The summed E-state index contributed by atoms with van der Waals surface area (Å²) in [5.41, 5.74) is 1.24. The van der Waals surface area contributed by atoms with Crippen molar-refractivity contribution in [1.82, 2.24) is 5.32 Å². The summed E-state index contributed by atoms with van der Waals surface area (Å²) in [6.45, 7) is 4.23. The second kappa shape index (κ2) is 4.72. The van der Waals surface area contributed by atoms with E-state index < -0.39 is 0 Å². The van der Waals surface area contributed by atoms with Gasteiger partial charge in [0.1, 0.15) is 5.82 Å². The zero-order chi connectivity index (χ0) is 11.6. The third-order valence-electron chi connectivity index (χ3n) is 3.35. The molecule has 1 N–H and O–H groups in total. The minimum absolute atomic E-state index is 0.196. The minimum Gasteiger partial charge on any atom is -0.316 e. The van der Waals surface area contributed by atoms with Crippen molar-refractivity contribution >= 4 is 11.6 Å². The first-order valence-electron chi connectivity index (χ1n) is 5.80. The number of nitrogens with one attached hydrogen (secondary N) is 1. The lowest BCUT2D eigenvalue weighted by molar-refractivity contribution is 0.150. The fourth-order valence-electron chi connectivity index (χ4n) is 2.48. The molecule has 0 atom stereocenters. The van der Waals surface area contributed by atoms with Crippen molar-refractivity contribution in [3.8, 4) is 0 Å². The predicted molar refractivity (Wildman–Crippen MR) is 65.3 cm³/mol. The Bertz CT molecular complexity index is 374. The topological polar surface area (TPSA) is 12.0 Å². The smallest absolute Gasteiger partial charge is 0.123 e. The van der Waals surface area contributed by atoms with Gasteiger partial charge in [-0.1, -0.05) is 24.9 Å². The van der Waals surface area contributed by atoms with E-state index in [2.05, 4.69) is 12.2 Å². The minimum atomic E-state index is -0.196. The van der Waals surface area contributed by atoms with Crippen molar-refractivity contribution < 1.29 is 4.39 Å². The molecule has 0 aromatic heterocycles. The fraction of sp³-hybridized carbons (Fsp3) is 0.538. The molecule has 0 aliphatic carbocycles. The van der Waals surface area contributed by atoms with Crippen LogP contribution < -0.4 is 5.32 Å². The molecule has 1 aliphatic rings. The Morgan fingerprint density at radius 2 is 2.19 bits per heavy atom. The van der Waals surface area contributed by atoms with Gasteiger partial charge in [-0.3, -0.25) is 0 Å². The first-order chi connectivity index (χ1) is 7.65. The van der Waals surface area contributed by atoms with Gasteiger partial charge in [-0.15, -0.1) is 0 Å². The van der Waals surface area contributed by atoms with Crippen LogP contribution in [0, 0.1) is 11.2 Å². The van der Waals surface area contributed by atoms with Gasteiger partial charge >= 0.3 is 0 Å². The van der Waals surface area contributed by atoms with E-state index in [0.29, 0.717) is 10.4 Å². The van der Waals surface area contributed by atoms with Crippen LogP contribution in [0.3, 0.4) is 0 Å². The maximum Gasteiger partial charge on any atom is 0.123 e. The van der Waals surface area contributed by atoms with E-state index >= 15 is 0 Å². The van der Waals surface area contributed by atoms with E-state index in [-0.39, 0.29) is 5.82 Å². The molecule has 2 rings (SSSR count). The maximum absolute atomic E-state index is 13.2. The van der Waals surface area contributed by atoms with Gasteiger partial charge in [-0.25, -0.2) is 4.39 Å². The van der Waals surface area contributed by atoms with Gasteiger partial charge in [0.15, 0.2) is 0 Å². The van der Waals surface area contributed by atoms with Crippen LogP contribution >= 0.6 is 11.6 Å². The zero-order valence-corrected chi connectivity index (χ0v) is 10.3. The Kier molecular flexibility index (Phi) is 3.50. The monoisotopic (exact) mass is 241 g/mol. The Morgan fingerprint density at radius 1 is 1.44 bits per heavy atom. The predicted octanol–water partition coefficient (Wildman–Crippen LogP) is 3.41. The highest BCUT2D eigenvalue weighted by Gasteiger charge is 2.36. The second-order valence-corrected chi connectivity index (χ2v) is 5.17. The molecule has 88 valence electrons. The van der Waals surface area contributed by atoms with E-state index in [4.69, 9.17) is 11.6 Å². The highest BCUT2D eigenvalue weighted by Crippen LogP contribution is 2.34. The molecular weight excluding hydrogens is 225 g/mol. The maximum atomic E-state index is 13.2. The lowest BCUT2D eigenvalue weighted by Crippen LogP contribution is -2.54. The Morgan fingerprint density at radius 3 is 2.75 bits per heavy atom. The molecule has 1 aromatic rings. The standard InChI is InChI=1S/C13H17ClFN/c1-2-5-13(8-16-9-13)7-10-6-11(15)3-4-12(10)14/h3-4,6,16H,2,5,7-9H2,1H3. The third kappa shape index (κ3) is 2.38. The normalized spacial score (nSPS) is 18.2. The number of hydrogen-bond acceptors (Lipinski definition) is 1. The molecule has 1 aliphatic heterocycles. The van der Waals surface area contributed by atoms with E-state index in [9.17, 15) is 4.39 Å². The summed E-state index contributed by atoms with van der Waals surface area (Å²) in [5, 5.41) is 3.99. The van der Waals surface area contributed by atoms with Crippen molar-refractivity contribution in [3.63, 3.8) is 0 Å². The van der Waals surface area contributed by atoms with Crippen LogP contribution in [0.5, 0.6) is 0 Å². The van der Waals surface area contributed by atoms with Crippen molar-refractivity contribution in [1.29, 1.82) is 0 Å². The molecule has 1 heterocycles. The highest BCUT2D eigenvalue weighted by atomic mass is 35.5. The van der Waals surface area contributed by atoms with Crippen molar-refractivity contribution in [2.45, 2.75) is 26.2 Å². The number of halogens is 2. The molecule has 1 fully saturated rings. The largest absolute Gasteiger partial charge is 0.316 e. The van der Waals surface area contributed by atoms with Crippen LogP contribution in [0.2, 0.25) is 5.02 Å². The van der Waals surface area contributed by atoms with Crippen LogP contribution in [-0.4, -0.2) is 13.1 Å². The van der Waals surface area contributed by atoms with Crippen molar-refractivity contribution in [2.24, 2.45) is 5.41 Å². The van der Waals surface area contributed by atoms with Gasteiger partial charge in [0.05, 0.1) is 0 Å². The van der Waals surface area contributed by atoms with Gasteiger partial charge in [0.25, 0.3) is 0 Å². The van der Waals surface area contributed by atoms with Crippen LogP contribution in [0.1, 0.15) is 25.3 Å². The van der Waals surface area contributed by atoms with Crippen LogP contribution in [0.25, 0.3) is 0 Å². The first-order valence-corrected chi connectivity index (χ1v) is 6.18. The van der Waals surface area contributed by atoms with Gasteiger partial charge in [-0.2, -0.15) is 0 Å². The summed E-state index contributed by atoms with van der Waals surface area (Å²) in [4.78, 5) is 0. The number of benzene rings is 1. The first kappa shape index (κ1) is 11.9. The van der Waals surface area contributed by atoms with E-state index in [1.807, 2.05) is 0 Å². The van der Waals surface area contributed by atoms with Gasteiger partial charge in [0.2, 0.25) is 0 Å². The molecule has 3 heteroatoms. The van der Waals surface area contributed by atoms with Gasteiger partial charge in [0, 0.05) is 18.1 Å². The summed E-state index contributed by atoms with van der Waals surface area (Å²) < 4.78 is 13.2. The van der Waals surface area contributed by atoms with Crippen molar-refractivity contribution in [3.05, 3.63) is 34.6 Å². The number of rotatable bonds is 4. The van der Waals surface area contributed by atoms with E-state index in [1.54, 1.807) is 12.1 Å². The molecule has 0 amide bonds. The lowest BCUT2D eigenvalue weighted by atomic mass is 9.73. The van der Waals surface area contributed by atoms with Crippen LogP contribution in [0.15, 0.2) is 18.2 Å². The van der Waals surface area contributed by atoms with E-state index in [0.717, 1.165) is 31.5 Å². The molecule has 0 spiro atoms. The molecule has 1 saturated heterocycles. The van der Waals surface area contributed by atoms with Crippen LogP contribution in [0.4, 0.5) is 4.39 Å². The summed E-state index contributed by atoms with van der Waals surface area (Å²) in [7, 11) is 0. The molecule has 16 heavy (non-hydrogen) atoms. The summed E-state index contributed by atoms with van der Waals surface area (Å²) in [5.74, 6) is -0.196.